The molecule has 1 aromatic carbocycles. The molecule has 20 heavy (non-hydrogen) atoms. The smallest absolute Gasteiger partial charge is 0.0708 e. The van der Waals surface area contributed by atoms with Gasteiger partial charge in [-0.1, -0.05) is 32.0 Å². The van der Waals surface area contributed by atoms with Crippen molar-refractivity contribution in [2.75, 3.05) is 13.2 Å². The molecular formula is C17H24N2O. The number of pyridine rings is 1. The number of aliphatic hydroxyl groups excluding tert-OH is 1. The van der Waals surface area contributed by atoms with Crippen molar-refractivity contribution in [3.05, 3.63) is 41.6 Å². The number of hydrogen-bond acceptors (Lipinski definition) is 3. The molecular weight excluding hydrogens is 248 g/mol. The number of aryl methyl sites for hydroxylation is 1. The van der Waals surface area contributed by atoms with Crippen LogP contribution in [0.4, 0.5) is 0 Å². The first-order valence-corrected chi connectivity index (χ1v) is 7.19. The number of aromatic nitrogens is 1. The molecule has 0 radical (unpaired) electrons. The molecule has 0 aliphatic rings. The van der Waals surface area contributed by atoms with E-state index in [0.29, 0.717) is 0 Å². The van der Waals surface area contributed by atoms with Gasteiger partial charge in [-0.2, -0.15) is 0 Å². The highest BCUT2D eigenvalue weighted by Crippen LogP contribution is 2.20. The van der Waals surface area contributed by atoms with Crippen LogP contribution in [0, 0.1) is 12.3 Å². The van der Waals surface area contributed by atoms with E-state index in [9.17, 15) is 0 Å². The van der Waals surface area contributed by atoms with Gasteiger partial charge in [0, 0.05) is 30.8 Å². The lowest BCUT2D eigenvalue weighted by molar-refractivity contribution is 0.207. The Bertz CT molecular complexity index is 578. The minimum Gasteiger partial charge on any atom is -0.396 e. The van der Waals surface area contributed by atoms with Gasteiger partial charge in [0.05, 0.1) is 5.52 Å². The third-order valence-corrected chi connectivity index (χ3v) is 3.64. The van der Waals surface area contributed by atoms with Crippen LogP contribution in [0.5, 0.6) is 0 Å². The van der Waals surface area contributed by atoms with Crippen LogP contribution in [-0.2, 0) is 6.54 Å². The molecule has 2 N–H and O–H groups in total. The van der Waals surface area contributed by atoms with Crippen molar-refractivity contribution in [1.82, 2.24) is 10.3 Å². The quantitative estimate of drug-likeness (QED) is 0.849. The summed E-state index contributed by atoms with van der Waals surface area (Å²) in [7, 11) is 0. The second-order valence-electron chi connectivity index (χ2n) is 6.18. The molecule has 0 fully saturated rings. The van der Waals surface area contributed by atoms with E-state index in [1.165, 1.54) is 10.9 Å². The molecule has 0 atom stereocenters. The van der Waals surface area contributed by atoms with Crippen molar-refractivity contribution in [3.63, 3.8) is 0 Å². The Hall–Kier alpha value is -1.45. The van der Waals surface area contributed by atoms with Crippen LogP contribution in [0.25, 0.3) is 10.9 Å². The highest BCUT2D eigenvalue weighted by atomic mass is 16.3. The van der Waals surface area contributed by atoms with E-state index in [0.717, 1.165) is 30.7 Å². The van der Waals surface area contributed by atoms with Gasteiger partial charge >= 0.3 is 0 Å². The number of aliphatic hydroxyl groups is 1. The van der Waals surface area contributed by atoms with Crippen LogP contribution in [0.2, 0.25) is 0 Å². The summed E-state index contributed by atoms with van der Waals surface area (Å²) in [6.07, 6.45) is 0.816. The first kappa shape index (κ1) is 14.9. The van der Waals surface area contributed by atoms with Gasteiger partial charge < -0.3 is 10.4 Å². The predicted octanol–water partition coefficient (Wildman–Crippen LogP) is 3.04. The number of rotatable bonds is 6. The molecule has 3 nitrogen and oxygen atoms in total. The number of fused-ring (bicyclic) bond motifs is 1. The largest absolute Gasteiger partial charge is 0.396 e. The fourth-order valence-corrected chi connectivity index (χ4v) is 2.47. The number of nitrogens with zero attached hydrogens (tertiary/aromatic N) is 1. The summed E-state index contributed by atoms with van der Waals surface area (Å²) in [5, 5.41) is 13.8. The van der Waals surface area contributed by atoms with Gasteiger partial charge in [-0.15, -0.1) is 0 Å². The van der Waals surface area contributed by atoms with Crippen molar-refractivity contribution in [1.29, 1.82) is 0 Å². The summed E-state index contributed by atoms with van der Waals surface area (Å²) in [5.74, 6) is 0. The highest BCUT2D eigenvalue weighted by Gasteiger charge is 2.16. The molecule has 3 heteroatoms. The summed E-state index contributed by atoms with van der Waals surface area (Å²) in [6.45, 7) is 8.35. The topological polar surface area (TPSA) is 45.1 Å². The number of para-hydroxylation sites is 1. The highest BCUT2D eigenvalue weighted by molar-refractivity contribution is 5.82. The van der Waals surface area contributed by atoms with Crippen molar-refractivity contribution in [2.45, 2.75) is 33.7 Å². The van der Waals surface area contributed by atoms with E-state index in [-0.39, 0.29) is 12.0 Å². The zero-order valence-corrected chi connectivity index (χ0v) is 12.6. The van der Waals surface area contributed by atoms with Crippen LogP contribution in [0.15, 0.2) is 30.3 Å². The molecule has 0 amide bonds. The Morgan fingerprint density at radius 3 is 2.75 bits per heavy atom. The second-order valence-corrected chi connectivity index (χ2v) is 6.18. The molecule has 2 aromatic rings. The summed E-state index contributed by atoms with van der Waals surface area (Å²) in [4.78, 5) is 4.56. The molecule has 0 saturated heterocycles. The van der Waals surface area contributed by atoms with Crippen LogP contribution in [0.1, 0.15) is 31.5 Å². The Balaban J connectivity index is 2.10. The van der Waals surface area contributed by atoms with E-state index in [2.05, 4.69) is 48.4 Å². The Morgan fingerprint density at radius 2 is 2.00 bits per heavy atom. The molecule has 0 bridgehead atoms. The first-order chi connectivity index (χ1) is 9.52. The predicted molar refractivity (Wildman–Crippen MR) is 83.7 cm³/mol. The maximum absolute atomic E-state index is 9.06. The molecule has 0 saturated carbocycles. The van der Waals surface area contributed by atoms with Crippen LogP contribution in [-0.4, -0.2) is 23.2 Å². The van der Waals surface area contributed by atoms with Gasteiger partial charge in [0.15, 0.2) is 0 Å². The van der Waals surface area contributed by atoms with Gasteiger partial charge in [-0.3, -0.25) is 4.98 Å². The van der Waals surface area contributed by atoms with Crippen molar-refractivity contribution in [3.8, 4) is 0 Å². The lowest BCUT2D eigenvalue weighted by Crippen LogP contribution is -2.30. The van der Waals surface area contributed by atoms with E-state index in [4.69, 9.17) is 5.11 Å². The van der Waals surface area contributed by atoms with Crippen LogP contribution >= 0.6 is 0 Å². The van der Waals surface area contributed by atoms with Gasteiger partial charge in [0.25, 0.3) is 0 Å². The molecule has 0 aliphatic heterocycles. The average Bonchev–Trinajstić information content (AvgIpc) is 2.38. The zero-order chi connectivity index (χ0) is 14.6. The third-order valence-electron chi connectivity index (χ3n) is 3.64. The second kappa shape index (κ2) is 6.33. The molecule has 1 aromatic heterocycles. The normalized spacial score (nSPS) is 12.0. The lowest BCUT2D eigenvalue weighted by atomic mass is 9.89. The van der Waals surface area contributed by atoms with Gasteiger partial charge in [-0.05, 0) is 36.5 Å². The van der Waals surface area contributed by atoms with Gasteiger partial charge in [-0.25, -0.2) is 0 Å². The van der Waals surface area contributed by atoms with Crippen molar-refractivity contribution >= 4 is 10.9 Å². The minimum atomic E-state index is 0.118. The summed E-state index contributed by atoms with van der Waals surface area (Å²) in [5.41, 5.74) is 3.51. The van der Waals surface area contributed by atoms with Crippen molar-refractivity contribution in [2.24, 2.45) is 5.41 Å². The lowest BCUT2D eigenvalue weighted by Gasteiger charge is -2.24. The SMILES string of the molecule is Cc1cc(CNCC(C)(C)CCO)c2ccccc2n1. The van der Waals surface area contributed by atoms with E-state index >= 15 is 0 Å². The Kier molecular flexibility index (Phi) is 4.73. The standard InChI is InChI=1S/C17H24N2O/c1-13-10-14(11-18-12-17(2,3)8-9-20)15-6-4-5-7-16(15)19-13/h4-7,10,18,20H,8-9,11-12H2,1-3H3. The van der Waals surface area contributed by atoms with E-state index in [1.54, 1.807) is 0 Å². The molecule has 0 unspecified atom stereocenters. The molecule has 108 valence electrons. The monoisotopic (exact) mass is 272 g/mol. The van der Waals surface area contributed by atoms with Crippen LogP contribution in [0.3, 0.4) is 0 Å². The number of hydrogen-bond donors (Lipinski definition) is 2. The fraction of sp³-hybridized carbons (Fsp3) is 0.471. The van der Waals surface area contributed by atoms with E-state index < -0.39 is 0 Å². The average molecular weight is 272 g/mol. The molecule has 0 spiro atoms. The number of benzene rings is 1. The first-order valence-electron chi connectivity index (χ1n) is 7.19. The summed E-state index contributed by atoms with van der Waals surface area (Å²) < 4.78 is 0. The van der Waals surface area contributed by atoms with Gasteiger partial charge in [0.1, 0.15) is 0 Å². The fourth-order valence-electron chi connectivity index (χ4n) is 2.47. The third kappa shape index (κ3) is 3.78. The van der Waals surface area contributed by atoms with Crippen LogP contribution < -0.4 is 5.32 Å². The minimum absolute atomic E-state index is 0.118. The zero-order valence-electron chi connectivity index (χ0n) is 12.6. The molecule has 1 heterocycles. The molecule has 0 aliphatic carbocycles. The van der Waals surface area contributed by atoms with Gasteiger partial charge in [0.2, 0.25) is 0 Å². The number of nitrogens with one attached hydrogen (secondary N) is 1. The summed E-state index contributed by atoms with van der Waals surface area (Å²) in [6, 6.07) is 10.4. The van der Waals surface area contributed by atoms with E-state index in [1.807, 2.05) is 13.0 Å². The maximum atomic E-state index is 9.06. The Labute approximate surface area is 121 Å². The maximum Gasteiger partial charge on any atom is 0.0708 e. The molecule has 2 rings (SSSR count). The summed E-state index contributed by atoms with van der Waals surface area (Å²) >= 11 is 0. The Morgan fingerprint density at radius 1 is 1.25 bits per heavy atom. The van der Waals surface area contributed by atoms with Crippen molar-refractivity contribution < 1.29 is 5.11 Å².